The molecule has 1 saturated heterocycles. The van der Waals surface area contributed by atoms with Gasteiger partial charge in [0.15, 0.2) is 0 Å². The Labute approximate surface area is 89.2 Å². The predicted molar refractivity (Wildman–Crippen MR) is 56.9 cm³/mol. The van der Waals surface area contributed by atoms with E-state index in [-0.39, 0.29) is 18.0 Å². The second-order valence-electron chi connectivity index (χ2n) is 3.95. The van der Waals surface area contributed by atoms with Gasteiger partial charge in [-0.15, -0.1) is 0 Å². The molecule has 1 fully saturated rings. The minimum Gasteiger partial charge on any atom is -0.376 e. The number of halogens is 1. The van der Waals surface area contributed by atoms with Crippen molar-refractivity contribution in [3.63, 3.8) is 0 Å². The van der Waals surface area contributed by atoms with Crippen LogP contribution in [0.1, 0.15) is 30.9 Å². The number of hydrogen-bond acceptors (Lipinski definition) is 2. The molecule has 82 valence electrons. The van der Waals surface area contributed by atoms with Crippen molar-refractivity contribution in [2.45, 2.75) is 31.4 Å². The van der Waals surface area contributed by atoms with Crippen molar-refractivity contribution < 1.29 is 9.13 Å². The highest BCUT2D eigenvalue weighted by molar-refractivity contribution is 5.21. The van der Waals surface area contributed by atoms with Gasteiger partial charge in [0, 0.05) is 12.2 Å². The Morgan fingerprint density at radius 1 is 1.33 bits per heavy atom. The minimum absolute atomic E-state index is 0.0318. The van der Waals surface area contributed by atoms with E-state index in [1.807, 2.05) is 0 Å². The van der Waals surface area contributed by atoms with Crippen LogP contribution in [-0.4, -0.2) is 12.7 Å². The lowest BCUT2D eigenvalue weighted by molar-refractivity contribution is -0.000616. The molecule has 1 aromatic carbocycles. The zero-order valence-electron chi connectivity index (χ0n) is 8.66. The van der Waals surface area contributed by atoms with Gasteiger partial charge in [-0.3, -0.25) is 0 Å². The van der Waals surface area contributed by atoms with Gasteiger partial charge in [0.05, 0.1) is 12.1 Å². The van der Waals surface area contributed by atoms with Crippen molar-refractivity contribution in [2.24, 2.45) is 5.73 Å². The minimum atomic E-state index is -0.341. The zero-order chi connectivity index (χ0) is 10.7. The SMILES string of the molecule is NC(c1ccccc1F)C1CCCCO1. The summed E-state index contributed by atoms with van der Waals surface area (Å²) in [5.74, 6) is -0.237. The van der Waals surface area contributed by atoms with Gasteiger partial charge in [-0.1, -0.05) is 18.2 Å². The predicted octanol–water partition coefficient (Wildman–Crippen LogP) is 2.39. The van der Waals surface area contributed by atoms with Crippen LogP contribution < -0.4 is 5.73 Å². The van der Waals surface area contributed by atoms with Crippen molar-refractivity contribution in [3.05, 3.63) is 35.6 Å². The number of hydrogen-bond donors (Lipinski definition) is 1. The summed E-state index contributed by atoms with van der Waals surface area (Å²) in [5.41, 5.74) is 6.57. The van der Waals surface area contributed by atoms with E-state index in [4.69, 9.17) is 10.5 Å². The quantitative estimate of drug-likeness (QED) is 0.811. The fraction of sp³-hybridized carbons (Fsp3) is 0.500. The maximum absolute atomic E-state index is 13.5. The smallest absolute Gasteiger partial charge is 0.128 e. The normalized spacial score (nSPS) is 23.7. The molecule has 0 radical (unpaired) electrons. The Balaban J connectivity index is 2.12. The topological polar surface area (TPSA) is 35.2 Å². The van der Waals surface area contributed by atoms with Crippen molar-refractivity contribution in [1.82, 2.24) is 0 Å². The molecule has 1 heterocycles. The highest BCUT2D eigenvalue weighted by Gasteiger charge is 2.24. The Bertz CT molecular complexity index is 323. The monoisotopic (exact) mass is 209 g/mol. The van der Waals surface area contributed by atoms with Crippen LogP contribution in [0.25, 0.3) is 0 Å². The highest BCUT2D eigenvalue weighted by atomic mass is 19.1. The Hall–Kier alpha value is -0.930. The van der Waals surface area contributed by atoms with Crippen LogP contribution >= 0.6 is 0 Å². The zero-order valence-corrected chi connectivity index (χ0v) is 8.66. The Morgan fingerprint density at radius 2 is 2.13 bits per heavy atom. The summed E-state index contributed by atoms with van der Waals surface area (Å²) >= 11 is 0. The van der Waals surface area contributed by atoms with Gasteiger partial charge < -0.3 is 10.5 Å². The summed E-state index contributed by atoms with van der Waals surface area (Å²) in [4.78, 5) is 0. The van der Waals surface area contributed by atoms with Crippen LogP contribution in [-0.2, 0) is 4.74 Å². The molecule has 0 aliphatic carbocycles. The molecule has 0 aromatic heterocycles. The van der Waals surface area contributed by atoms with Crippen LogP contribution in [0.2, 0.25) is 0 Å². The molecule has 2 atom stereocenters. The molecule has 0 bridgehead atoms. The molecule has 3 heteroatoms. The summed E-state index contributed by atoms with van der Waals surface area (Å²) < 4.78 is 19.0. The largest absolute Gasteiger partial charge is 0.376 e. The average molecular weight is 209 g/mol. The van der Waals surface area contributed by atoms with Crippen LogP contribution in [0, 0.1) is 5.82 Å². The van der Waals surface area contributed by atoms with Crippen LogP contribution in [0.15, 0.2) is 24.3 Å². The van der Waals surface area contributed by atoms with E-state index in [2.05, 4.69) is 0 Å². The van der Waals surface area contributed by atoms with Gasteiger partial charge in [-0.25, -0.2) is 4.39 Å². The Kier molecular flexibility index (Phi) is 3.34. The van der Waals surface area contributed by atoms with E-state index in [0.29, 0.717) is 5.56 Å². The molecular weight excluding hydrogens is 193 g/mol. The molecule has 0 spiro atoms. The van der Waals surface area contributed by atoms with Gasteiger partial charge in [-0.2, -0.15) is 0 Å². The lowest BCUT2D eigenvalue weighted by Crippen LogP contribution is -2.32. The van der Waals surface area contributed by atoms with E-state index in [9.17, 15) is 4.39 Å². The van der Waals surface area contributed by atoms with Gasteiger partial charge in [0.1, 0.15) is 5.82 Å². The van der Waals surface area contributed by atoms with Gasteiger partial charge in [0.2, 0.25) is 0 Å². The fourth-order valence-electron chi connectivity index (χ4n) is 1.99. The summed E-state index contributed by atoms with van der Waals surface area (Å²) in [7, 11) is 0. The van der Waals surface area contributed by atoms with Crippen LogP contribution in [0.4, 0.5) is 4.39 Å². The van der Waals surface area contributed by atoms with E-state index in [0.717, 1.165) is 25.9 Å². The van der Waals surface area contributed by atoms with Gasteiger partial charge in [0.25, 0.3) is 0 Å². The summed E-state index contributed by atoms with van der Waals surface area (Å²) in [6.45, 7) is 0.743. The summed E-state index contributed by atoms with van der Waals surface area (Å²) in [5, 5.41) is 0. The van der Waals surface area contributed by atoms with Crippen molar-refractivity contribution >= 4 is 0 Å². The standard InChI is InChI=1S/C12H16FNO/c13-10-6-2-1-5-9(10)12(14)11-7-3-4-8-15-11/h1-2,5-6,11-12H,3-4,7-8,14H2. The number of rotatable bonds is 2. The molecule has 2 nitrogen and oxygen atoms in total. The van der Waals surface area contributed by atoms with Crippen LogP contribution in [0.3, 0.4) is 0 Å². The van der Waals surface area contributed by atoms with Gasteiger partial charge >= 0.3 is 0 Å². The Morgan fingerprint density at radius 3 is 2.80 bits per heavy atom. The first-order chi connectivity index (χ1) is 7.29. The van der Waals surface area contributed by atoms with E-state index < -0.39 is 0 Å². The first kappa shape index (κ1) is 10.6. The molecule has 2 N–H and O–H groups in total. The lowest BCUT2D eigenvalue weighted by Gasteiger charge is -2.28. The summed E-state index contributed by atoms with van der Waals surface area (Å²) in [6, 6.07) is 6.32. The van der Waals surface area contributed by atoms with Crippen molar-refractivity contribution in [2.75, 3.05) is 6.61 Å². The maximum Gasteiger partial charge on any atom is 0.128 e. The number of benzene rings is 1. The van der Waals surface area contributed by atoms with Crippen molar-refractivity contribution in [3.8, 4) is 0 Å². The maximum atomic E-state index is 13.5. The molecule has 1 aromatic rings. The third kappa shape index (κ3) is 2.36. The van der Waals surface area contributed by atoms with Crippen LogP contribution in [0.5, 0.6) is 0 Å². The fourth-order valence-corrected chi connectivity index (χ4v) is 1.99. The van der Waals surface area contributed by atoms with Crippen molar-refractivity contribution in [1.29, 1.82) is 0 Å². The van der Waals surface area contributed by atoms with E-state index >= 15 is 0 Å². The first-order valence-corrected chi connectivity index (χ1v) is 5.40. The number of nitrogens with two attached hydrogens (primary N) is 1. The molecule has 1 aliphatic heterocycles. The highest BCUT2D eigenvalue weighted by Crippen LogP contribution is 2.25. The molecule has 2 unspecified atom stereocenters. The van der Waals surface area contributed by atoms with Gasteiger partial charge in [-0.05, 0) is 25.3 Å². The molecule has 0 saturated carbocycles. The second-order valence-corrected chi connectivity index (χ2v) is 3.95. The molecular formula is C12H16FNO. The molecule has 0 amide bonds. The third-order valence-electron chi connectivity index (χ3n) is 2.88. The third-order valence-corrected chi connectivity index (χ3v) is 2.88. The lowest BCUT2D eigenvalue weighted by atomic mass is 9.96. The number of ether oxygens (including phenoxy) is 1. The average Bonchev–Trinajstić information content (AvgIpc) is 2.30. The summed E-state index contributed by atoms with van der Waals surface area (Å²) in [6.07, 6.45) is 3.10. The molecule has 2 rings (SSSR count). The first-order valence-electron chi connectivity index (χ1n) is 5.40. The molecule has 1 aliphatic rings. The second kappa shape index (κ2) is 4.73. The molecule has 15 heavy (non-hydrogen) atoms. The van der Waals surface area contributed by atoms with E-state index in [1.165, 1.54) is 6.07 Å². The van der Waals surface area contributed by atoms with E-state index in [1.54, 1.807) is 18.2 Å².